The maximum Gasteiger partial charge on any atom is 0.415 e. The zero-order chi connectivity index (χ0) is 35.0. The van der Waals surface area contributed by atoms with E-state index in [1.54, 1.807) is 29.2 Å². The van der Waals surface area contributed by atoms with E-state index in [2.05, 4.69) is 10.6 Å². The van der Waals surface area contributed by atoms with Crippen molar-refractivity contribution in [1.29, 1.82) is 5.41 Å². The molecule has 0 bridgehead atoms. The maximum absolute atomic E-state index is 14.7. The summed E-state index contributed by atoms with van der Waals surface area (Å²) in [5.74, 6) is -0.637. The molecule has 0 radical (unpaired) electrons. The summed E-state index contributed by atoms with van der Waals surface area (Å²) < 4.78 is 33.0. The van der Waals surface area contributed by atoms with Crippen LogP contribution in [0.15, 0.2) is 52.9 Å². The fraction of sp³-hybridized carbons (Fsp3) is 0.515. The van der Waals surface area contributed by atoms with E-state index in [4.69, 9.17) is 27.5 Å². The standard InChI is InChI=1S/C33H44ClN7O6S2/c34-27-10-4-5-11-29(27)47-33(44)39-16-17-41(28(22-39)31(42)37-21-25-9-6-18-48-25)32(43)30(38-24-7-2-1-3-8-24)23-12-14-40(15-13-23)49(45,46)26(19-35)20-36/h4-6,9-11,18-20,23-24,28,30,35,38H,1-3,7-8,12-17,21-22,36H2,(H,37,42)/b26-20+,35-19?/t28-,30+/m0/s1. The van der Waals surface area contributed by atoms with E-state index in [1.165, 1.54) is 20.5 Å². The third-order valence-corrected chi connectivity index (χ3v) is 12.6. The van der Waals surface area contributed by atoms with Gasteiger partial charge in [-0.3, -0.25) is 9.59 Å². The quantitative estimate of drug-likeness (QED) is 0.254. The van der Waals surface area contributed by atoms with Crippen LogP contribution < -0.4 is 21.1 Å². The second-order valence-corrected chi connectivity index (χ2v) is 15.9. The molecule has 5 N–H and O–H groups in total. The van der Waals surface area contributed by atoms with Crippen molar-refractivity contribution in [2.45, 2.75) is 69.6 Å². The van der Waals surface area contributed by atoms with Crippen molar-refractivity contribution in [3.05, 3.63) is 62.8 Å². The van der Waals surface area contributed by atoms with Crippen LogP contribution in [-0.4, -0.2) is 97.5 Å². The Morgan fingerprint density at radius 3 is 2.43 bits per heavy atom. The number of para-hydroxylation sites is 1. The predicted molar refractivity (Wildman–Crippen MR) is 189 cm³/mol. The molecule has 0 spiro atoms. The van der Waals surface area contributed by atoms with Gasteiger partial charge in [0.2, 0.25) is 21.8 Å². The second kappa shape index (κ2) is 16.9. The smallest absolute Gasteiger partial charge is 0.409 e. The molecule has 3 heterocycles. The van der Waals surface area contributed by atoms with Crippen molar-refractivity contribution in [2.24, 2.45) is 11.7 Å². The lowest BCUT2D eigenvalue weighted by Crippen LogP contribution is -2.66. The molecule has 2 saturated heterocycles. The number of benzene rings is 1. The third kappa shape index (κ3) is 9.00. The Labute approximate surface area is 296 Å². The predicted octanol–water partition coefficient (Wildman–Crippen LogP) is 3.51. The van der Waals surface area contributed by atoms with Crippen molar-refractivity contribution in [1.82, 2.24) is 24.7 Å². The van der Waals surface area contributed by atoms with Crippen LogP contribution in [0.3, 0.4) is 0 Å². The van der Waals surface area contributed by atoms with Gasteiger partial charge < -0.3 is 36.3 Å². The minimum atomic E-state index is -3.93. The highest BCUT2D eigenvalue weighted by molar-refractivity contribution is 7.93. The number of nitrogens with zero attached hydrogens (tertiary/aromatic N) is 3. The minimum Gasteiger partial charge on any atom is -0.409 e. The molecular weight excluding hydrogens is 690 g/mol. The third-order valence-electron chi connectivity index (χ3n) is 9.48. The number of allylic oxidation sites excluding steroid dienone is 1. The first-order valence-electron chi connectivity index (χ1n) is 16.6. The van der Waals surface area contributed by atoms with Crippen LogP contribution in [-0.2, 0) is 26.2 Å². The van der Waals surface area contributed by atoms with Crippen molar-refractivity contribution in [2.75, 3.05) is 32.7 Å². The number of piperazine rings is 1. The van der Waals surface area contributed by atoms with Crippen molar-refractivity contribution in [3.8, 4) is 5.75 Å². The van der Waals surface area contributed by atoms with E-state index < -0.39 is 28.2 Å². The first-order chi connectivity index (χ1) is 23.6. The number of hydrogen-bond acceptors (Lipinski definition) is 10. The van der Waals surface area contributed by atoms with Crippen LogP contribution in [0.25, 0.3) is 0 Å². The van der Waals surface area contributed by atoms with Gasteiger partial charge in [0.15, 0.2) is 5.75 Å². The molecule has 16 heteroatoms. The molecule has 2 atom stereocenters. The number of hydrogen-bond donors (Lipinski definition) is 4. The van der Waals surface area contributed by atoms with Crippen molar-refractivity contribution >= 4 is 57.1 Å². The Hall–Kier alpha value is -3.50. The SMILES string of the molecule is N=C/C(=C\N)S(=O)(=O)N1CCC([C@@H](NC2CCCCC2)C(=O)N2CCN(C(=O)Oc3ccccc3Cl)C[C@H]2C(=O)NCc2cccs2)CC1. The lowest BCUT2D eigenvalue weighted by atomic mass is 9.86. The number of nitrogens with two attached hydrogens (primary N) is 1. The summed E-state index contributed by atoms with van der Waals surface area (Å²) >= 11 is 7.72. The highest BCUT2D eigenvalue weighted by atomic mass is 35.5. The van der Waals surface area contributed by atoms with E-state index in [9.17, 15) is 22.8 Å². The number of halogens is 1. The number of ether oxygens (including phenoxy) is 1. The lowest BCUT2D eigenvalue weighted by Gasteiger charge is -2.44. The van der Waals surface area contributed by atoms with E-state index in [1.807, 2.05) is 17.5 Å². The summed E-state index contributed by atoms with van der Waals surface area (Å²) in [6.45, 7) is 0.796. The molecular formula is C33H44ClN7O6S2. The van der Waals surface area contributed by atoms with Gasteiger partial charge in [-0.05, 0) is 55.2 Å². The van der Waals surface area contributed by atoms with Gasteiger partial charge in [-0.2, -0.15) is 4.31 Å². The highest BCUT2D eigenvalue weighted by Gasteiger charge is 2.44. The van der Waals surface area contributed by atoms with Gasteiger partial charge in [-0.25, -0.2) is 13.2 Å². The fourth-order valence-electron chi connectivity index (χ4n) is 6.75. The Balaban J connectivity index is 1.36. The topological polar surface area (TPSA) is 178 Å². The molecule has 2 aliphatic heterocycles. The molecule has 3 amide bonds. The molecule has 0 unspecified atom stereocenters. The number of thiophene rings is 1. The van der Waals surface area contributed by atoms with E-state index in [0.29, 0.717) is 12.8 Å². The van der Waals surface area contributed by atoms with Crippen LogP contribution in [0.1, 0.15) is 49.8 Å². The Kier molecular flexibility index (Phi) is 12.7. The van der Waals surface area contributed by atoms with Crippen molar-refractivity contribution in [3.63, 3.8) is 0 Å². The molecule has 13 nitrogen and oxygen atoms in total. The summed E-state index contributed by atoms with van der Waals surface area (Å²) in [6.07, 6.45) is 6.87. The van der Waals surface area contributed by atoms with Gasteiger partial charge in [0.25, 0.3) is 0 Å². The number of amides is 3. The van der Waals surface area contributed by atoms with Crippen LogP contribution in [0, 0.1) is 11.3 Å². The average Bonchev–Trinajstić information content (AvgIpc) is 3.65. The first-order valence-corrected chi connectivity index (χ1v) is 19.3. The normalized spacial score (nSPS) is 20.8. The van der Waals surface area contributed by atoms with Gasteiger partial charge in [-0.15, -0.1) is 11.3 Å². The monoisotopic (exact) mass is 733 g/mol. The van der Waals surface area contributed by atoms with Crippen molar-refractivity contribution < 1.29 is 27.5 Å². The second-order valence-electron chi connectivity index (χ2n) is 12.5. The van der Waals surface area contributed by atoms with E-state index in [-0.39, 0.29) is 78.7 Å². The molecule has 3 aliphatic rings. The molecule has 3 fully saturated rings. The zero-order valence-corrected chi connectivity index (χ0v) is 29.6. The van der Waals surface area contributed by atoms with E-state index in [0.717, 1.165) is 49.4 Å². The Morgan fingerprint density at radius 1 is 1.04 bits per heavy atom. The number of sulfonamides is 1. The fourth-order valence-corrected chi connectivity index (χ4v) is 8.88. The molecule has 1 aliphatic carbocycles. The maximum atomic E-state index is 14.7. The van der Waals surface area contributed by atoms with Crippen LogP contribution in [0.5, 0.6) is 5.75 Å². The summed E-state index contributed by atoms with van der Waals surface area (Å²) in [6, 6.07) is 8.90. The molecule has 266 valence electrons. The molecule has 2 aromatic rings. The number of rotatable bonds is 11. The number of carbonyl (C=O) groups excluding carboxylic acids is 3. The van der Waals surface area contributed by atoms with Crippen LogP contribution in [0.4, 0.5) is 4.79 Å². The number of carbonyl (C=O) groups is 3. The van der Waals surface area contributed by atoms with Gasteiger partial charge in [-0.1, -0.05) is 49.1 Å². The van der Waals surface area contributed by atoms with Gasteiger partial charge >= 0.3 is 6.09 Å². The molecule has 1 aromatic carbocycles. The average molecular weight is 734 g/mol. The largest absolute Gasteiger partial charge is 0.415 e. The summed E-state index contributed by atoms with van der Waals surface area (Å²) in [7, 11) is -3.93. The van der Waals surface area contributed by atoms with Crippen LogP contribution in [0.2, 0.25) is 5.02 Å². The number of nitrogens with one attached hydrogen (secondary N) is 3. The molecule has 49 heavy (non-hydrogen) atoms. The highest BCUT2D eigenvalue weighted by Crippen LogP contribution is 2.29. The zero-order valence-electron chi connectivity index (χ0n) is 27.3. The Morgan fingerprint density at radius 2 is 1.78 bits per heavy atom. The van der Waals surface area contributed by atoms with Gasteiger partial charge in [0.1, 0.15) is 10.9 Å². The number of piperidine rings is 1. The molecule has 1 aromatic heterocycles. The molecule has 5 rings (SSSR count). The Bertz CT molecular complexity index is 1610. The summed E-state index contributed by atoms with van der Waals surface area (Å²) in [5.41, 5.74) is 5.49. The van der Waals surface area contributed by atoms with E-state index >= 15 is 0 Å². The van der Waals surface area contributed by atoms with Gasteiger partial charge in [0, 0.05) is 49.5 Å². The minimum absolute atomic E-state index is 0.0735. The van der Waals surface area contributed by atoms with Crippen LogP contribution >= 0.6 is 22.9 Å². The summed E-state index contributed by atoms with van der Waals surface area (Å²) in [5, 5.41) is 16.3. The lowest BCUT2D eigenvalue weighted by molar-refractivity contribution is -0.146. The molecule has 1 saturated carbocycles. The van der Waals surface area contributed by atoms with Gasteiger partial charge in [0.05, 0.1) is 24.2 Å². The summed E-state index contributed by atoms with van der Waals surface area (Å²) in [4.78, 5) is 45.4. The first kappa shape index (κ1) is 36.8.